The molecule has 0 saturated heterocycles. The van der Waals surface area contributed by atoms with Crippen molar-refractivity contribution in [1.82, 2.24) is 4.98 Å². The highest BCUT2D eigenvalue weighted by molar-refractivity contribution is 5.86. The fourth-order valence-electron chi connectivity index (χ4n) is 2.65. The van der Waals surface area contributed by atoms with Gasteiger partial charge in [0.05, 0.1) is 5.52 Å². The quantitative estimate of drug-likeness (QED) is 0.891. The van der Waals surface area contributed by atoms with E-state index in [1.54, 1.807) is 0 Å². The van der Waals surface area contributed by atoms with Gasteiger partial charge in [-0.1, -0.05) is 39.0 Å². The molecule has 0 spiro atoms. The van der Waals surface area contributed by atoms with Gasteiger partial charge in [-0.15, -0.1) is 0 Å². The van der Waals surface area contributed by atoms with Crippen LogP contribution in [0, 0.1) is 6.92 Å². The predicted octanol–water partition coefficient (Wildman–Crippen LogP) is 4.12. The Morgan fingerprint density at radius 1 is 1.10 bits per heavy atom. The summed E-state index contributed by atoms with van der Waals surface area (Å²) < 4.78 is 0. The van der Waals surface area contributed by atoms with E-state index in [1.807, 2.05) is 13.8 Å². The van der Waals surface area contributed by atoms with Gasteiger partial charge in [0, 0.05) is 23.0 Å². The van der Waals surface area contributed by atoms with Crippen LogP contribution in [0.1, 0.15) is 51.4 Å². The van der Waals surface area contributed by atoms with Crippen LogP contribution in [-0.4, -0.2) is 10.5 Å². The van der Waals surface area contributed by atoms with Crippen molar-refractivity contribution in [3.05, 3.63) is 41.1 Å². The highest BCUT2D eigenvalue weighted by Gasteiger charge is 2.20. The molecule has 0 fully saturated rings. The van der Waals surface area contributed by atoms with E-state index < -0.39 is 0 Å². The molecule has 2 heteroatoms. The lowest BCUT2D eigenvalue weighted by Crippen LogP contribution is -2.34. The SMILES string of the molecule is Cc1cc(CC(C)(C)N)nc2c(C(C)(C)C)cccc12. The summed E-state index contributed by atoms with van der Waals surface area (Å²) in [4.78, 5) is 4.91. The van der Waals surface area contributed by atoms with Crippen LogP contribution in [0.2, 0.25) is 0 Å². The second-order valence-corrected chi connectivity index (χ2v) is 7.55. The van der Waals surface area contributed by atoms with Gasteiger partial charge in [-0.05, 0) is 43.4 Å². The molecular formula is C18H26N2. The van der Waals surface area contributed by atoms with Crippen molar-refractivity contribution >= 4 is 10.9 Å². The number of pyridine rings is 1. The number of para-hydroxylation sites is 1. The molecule has 0 saturated carbocycles. The normalized spacial score (nSPS) is 12.9. The van der Waals surface area contributed by atoms with Gasteiger partial charge in [0.2, 0.25) is 0 Å². The van der Waals surface area contributed by atoms with Crippen molar-refractivity contribution in [1.29, 1.82) is 0 Å². The van der Waals surface area contributed by atoms with Crippen LogP contribution >= 0.6 is 0 Å². The molecule has 0 radical (unpaired) electrons. The van der Waals surface area contributed by atoms with Crippen molar-refractivity contribution in [2.75, 3.05) is 0 Å². The maximum atomic E-state index is 6.15. The standard InChI is InChI=1S/C18H26N2/c1-12-10-13(11-18(5,6)19)20-16-14(12)8-7-9-15(16)17(2,3)4/h7-10H,11,19H2,1-6H3. The zero-order valence-electron chi connectivity index (χ0n) is 13.5. The summed E-state index contributed by atoms with van der Waals surface area (Å²) in [6, 6.07) is 8.64. The van der Waals surface area contributed by atoms with Crippen molar-refractivity contribution in [2.45, 2.75) is 58.9 Å². The first kappa shape index (κ1) is 15.0. The lowest BCUT2D eigenvalue weighted by molar-refractivity contribution is 0.510. The molecule has 1 heterocycles. The number of rotatable bonds is 2. The molecule has 0 aliphatic carbocycles. The van der Waals surface area contributed by atoms with Gasteiger partial charge in [-0.3, -0.25) is 4.98 Å². The Labute approximate surface area is 122 Å². The van der Waals surface area contributed by atoms with E-state index in [1.165, 1.54) is 16.5 Å². The molecule has 1 aromatic heterocycles. The number of fused-ring (bicyclic) bond motifs is 1. The van der Waals surface area contributed by atoms with Gasteiger partial charge in [-0.25, -0.2) is 0 Å². The third kappa shape index (κ3) is 3.18. The van der Waals surface area contributed by atoms with E-state index in [9.17, 15) is 0 Å². The fourth-order valence-corrected chi connectivity index (χ4v) is 2.65. The van der Waals surface area contributed by atoms with Crippen molar-refractivity contribution in [3.8, 4) is 0 Å². The van der Waals surface area contributed by atoms with Crippen LogP contribution in [0.5, 0.6) is 0 Å². The van der Waals surface area contributed by atoms with E-state index in [4.69, 9.17) is 10.7 Å². The zero-order chi connectivity index (χ0) is 15.1. The average Bonchev–Trinajstić information content (AvgIpc) is 2.24. The van der Waals surface area contributed by atoms with Gasteiger partial charge in [-0.2, -0.15) is 0 Å². The molecule has 1 aromatic carbocycles. The Bertz CT molecular complexity index is 628. The predicted molar refractivity (Wildman–Crippen MR) is 87.2 cm³/mol. The Morgan fingerprint density at radius 2 is 1.75 bits per heavy atom. The fraction of sp³-hybridized carbons (Fsp3) is 0.500. The molecule has 2 nitrogen and oxygen atoms in total. The number of nitrogens with two attached hydrogens (primary N) is 1. The molecule has 2 rings (SSSR count). The third-order valence-corrected chi connectivity index (χ3v) is 3.54. The highest BCUT2D eigenvalue weighted by Crippen LogP contribution is 2.30. The maximum Gasteiger partial charge on any atom is 0.0745 e. The Morgan fingerprint density at radius 3 is 2.30 bits per heavy atom. The summed E-state index contributed by atoms with van der Waals surface area (Å²) in [7, 11) is 0. The minimum atomic E-state index is -0.232. The zero-order valence-corrected chi connectivity index (χ0v) is 13.5. The second kappa shape index (κ2) is 4.85. The van der Waals surface area contributed by atoms with E-state index >= 15 is 0 Å². The molecule has 0 atom stereocenters. The summed E-state index contributed by atoms with van der Waals surface area (Å²) in [5.74, 6) is 0. The summed E-state index contributed by atoms with van der Waals surface area (Å²) >= 11 is 0. The number of aromatic nitrogens is 1. The molecule has 2 aromatic rings. The number of nitrogens with zero attached hydrogens (tertiary/aromatic N) is 1. The molecule has 0 aliphatic rings. The Hall–Kier alpha value is -1.41. The monoisotopic (exact) mass is 270 g/mol. The molecule has 0 bridgehead atoms. The van der Waals surface area contributed by atoms with Crippen LogP contribution in [0.15, 0.2) is 24.3 Å². The smallest absolute Gasteiger partial charge is 0.0745 e. The first-order valence-electron chi connectivity index (χ1n) is 7.26. The number of benzene rings is 1. The van der Waals surface area contributed by atoms with Crippen LogP contribution in [0.25, 0.3) is 10.9 Å². The van der Waals surface area contributed by atoms with Crippen LogP contribution < -0.4 is 5.73 Å². The van der Waals surface area contributed by atoms with Crippen LogP contribution in [0.4, 0.5) is 0 Å². The van der Waals surface area contributed by atoms with Crippen LogP contribution in [-0.2, 0) is 11.8 Å². The van der Waals surface area contributed by atoms with Gasteiger partial charge in [0.25, 0.3) is 0 Å². The lowest BCUT2D eigenvalue weighted by atomic mass is 9.84. The first-order valence-corrected chi connectivity index (χ1v) is 7.26. The topological polar surface area (TPSA) is 38.9 Å². The number of hydrogen-bond acceptors (Lipinski definition) is 2. The molecule has 0 amide bonds. The lowest BCUT2D eigenvalue weighted by Gasteiger charge is -2.23. The largest absolute Gasteiger partial charge is 0.325 e. The highest BCUT2D eigenvalue weighted by atomic mass is 14.8. The van der Waals surface area contributed by atoms with Gasteiger partial charge in [0.15, 0.2) is 0 Å². The van der Waals surface area contributed by atoms with Crippen molar-refractivity contribution in [3.63, 3.8) is 0 Å². The van der Waals surface area contributed by atoms with E-state index in [0.29, 0.717) is 0 Å². The minimum absolute atomic E-state index is 0.0931. The molecule has 108 valence electrons. The third-order valence-electron chi connectivity index (χ3n) is 3.54. The molecule has 0 aliphatic heterocycles. The first-order chi connectivity index (χ1) is 9.08. The van der Waals surface area contributed by atoms with Crippen molar-refractivity contribution in [2.24, 2.45) is 5.73 Å². The van der Waals surface area contributed by atoms with Crippen LogP contribution in [0.3, 0.4) is 0 Å². The summed E-state index contributed by atoms with van der Waals surface area (Å²) in [5, 5.41) is 1.25. The molecular weight excluding hydrogens is 244 g/mol. The van der Waals surface area contributed by atoms with Gasteiger partial charge < -0.3 is 5.73 Å². The summed E-state index contributed by atoms with van der Waals surface area (Å²) in [5.41, 5.74) is 10.8. The Kier molecular flexibility index (Phi) is 3.64. The molecule has 20 heavy (non-hydrogen) atoms. The second-order valence-electron chi connectivity index (χ2n) is 7.55. The van der Waals surface area contributed by atoms with E-state index in [2.05, 4.69) is 52.0 Å². The van der Waals surface area contributed by atoms with Crippen molar-refractivity contribution < 1.29 is 0 Å². The van der Waals surface area contributed by atoms with E-state index in [-0.39, 0.29) is 11.0 Å². The van der Waals surface area contributed by atoms with Gasteiger partial charge >= 0.3 is 0 Å². The van der Waals surface area contributed by atoms with E-state index in [0.717, 1.165) is 17.6 Å². The minimum Gasteiger partial charge on any atom is -0.325 e. The van der Waals surface area contributed by atoms with Gasteiger partial charge in [0.1, 0.15) is 0 Å². The molecule has 2 N–H and O–H groups in total. The summed E-state index contributed by atoms with van der Waals surface area (Å²) in [6.07, 6.45) is 0.794. The Balaban J connectivity index is 2.68. The summed E-state index contributed by atoms with van der Waals surface area (Å²) in [6.45, 7) is 13.0. The maximum absolute atomic E-state index is 6.15. The molecule has 0 unspecified atom stereocenters. The number of aryl methyl sites for hydroxylation is 1. The average molecular weight is 270 g/mol. The number of hydrogen-bond donors (Lipinski definition) is 1.